The maximum absolute atomic E-state index is 13.5. The van der Waals surface area contributed by atoms with E-state index < -0.39 is 23.2 Å². The molecule has 0 aromatic heterocycles. The highest BCUT2D eigenvalue weighted by molar-refractivity contribution is 5.88. The summed E-state index contributed by atoms with van der Waals surface area (Å²) in [5.41, 5.74) is -0.715. The second-order valence-corrected chi connectivity index (χ2v) is 3.99. The van der Waals surface area contributed by atoms with Gasteiger partial charge >= 0.3 is 5.97 Å². The third kappa shape index (κ3) is 4.48. The molecule has 1 rings (SSSR count). The zero-order valence-corrected chi connectivity index (χ0v) is 10.7. The number of ether oxygens (including phenoxy) is 1. The molecule has 2 N–H and O–H groups in total. The summed E-state index contributed by atoms with van der Waals surface area (Å²) in [5.74, 6) is -4.01. The van der Waals surface area contributed by atoms with E-state index in [4.69, 9.17) is 9.84 Å². The number of nitrogens with one attached hydrogen (secondary N) is 1. The molecule has 0 atom stereocenters. The van der Waals surface area contributed by atoms with Crippen LogP contribution in [0.25, 0.3) is 0 Å². The van der Waals surface area contributed by atoms with Gasteiger partial charge in [-0.2, -0.15) is 0 Å². The predicted octanol–water partition coefficient (Wildman–Crippen LogP) is 2.89. The first-order valence-electron chi connectivity index (χ1n) is 6.10. The SMILES string of the molecule is CCCOCCCNc1ccc(C(=O)O)c(F)c1F. The van der Waals surface area contributed by atoms with Crippen LogP contribution in [0.1, 0.15) is 30.1 Å². The minimum Gasteiger partial charge on any atom is -0.478 e. The van der Waals surface area contributed by atoms with Gasteiger partial charge in [0.1, 0.15) is 0 Å². The number of carbonyl (C=O) groups is 1. The molecule has 0 saturated carbocycles. The summed E-state index contributed by atoms with van der Waals surface area (Å²) >= 11 is 0. The summed E-state index contributed by atoms with van der Waals surface area (Å²) in [4.78, 5) is 10.6. The Morgan fingerprint density at radius 1 is 1.32 bits per heavy atom. The van der Waals surface area contributed by atoms with Crippen LogP contribution in [0.5, 0.6) is 0 Å². The molecule has 0 saturated heterocycles. The Bertz CT molecular complexity index is 438. The number of anilines is 1. The largest absolute Gasteiger partial charge is 0.478 e. The van der Waals surface area contributed by atoms with E-state index in [1.54, 1.807) is 0 Å². The van der Waals surface area contributed by atoms with Crippen molar-refractivity contribution in [3.05, 3.63) is 29.3 Å². The fourth-order valence-corrected chi connectivity index (χ4v) is 1.49. The number of carboxylic acid groups (broad SMARTS) is 1. The Hall–Kier alpha value is -1.69. The van der Waals surface area contributed by atoms with Crippen molar-refractivity contribution in [2.75, 3.05) is 25.1 Å². The monoisotopic (exact) mass is 273 g/mol. The third-order valence-corrected chi connectivity index (χ3v) is 2.44. The third-order valence-electron chi connectivity index (χ3n) is 2.44. The van der Waals surface area contributed by atoms with Gasteiger partial charge in [-0.15, -0.1) is 0 Å². The maximum atomic E-state index is 13.5. The fraction of sp³-hybridized carbons (Fsp3) is 0.462. The van der Waals surface area contributed by atoms with E-state index in [1.807, 2.05) is 6.92 Å². The van der Waals surface area contributed by atoms with Crippen molar-refractivity contribution in [3.63, 3.8) is 0 Å². The van der Waals surface area contributed by atoms with E-state index in [-0.39, 0.29) is 5.69 Å². The van der Waals surface area contributed by atoms with Crippen LogP contribution in [0.4, 0.5) is 14.5 Å². The van der Waals surface area contributed by atoms with E-state index in [0.29, 0.717) is 26.2 Å². The Labute approximate surface area is 110 Å². The fourth-order valence-electron chi connectivity index (χ4n) is 1.49. The molecule has 0 aliphatic carbocycles. The maximum Gasteiger partial charge on any atom is 0.338 e. The average molecular weight is 273 g/mol. The molecule has 0 aliphatic rings. The van der Waals surface area contributed by atoms with Crippen molar-refractivity contribution in [1.82, 2.24) is 0 Å². The van der Waals surface area contributed by atoms with E-state index >= 15 is 0 Å². The van der Waals surface area contributed by atoms with Gasteiger partial charge in [0.05, 0.1) is 11.3 Å². The molecular formula is C13H17F2NO3. The average Bonchev–Trinajstić information content (AvgIpc) is 2.38. The molecule has 0 amide bonds. The van der Waals surface area contributed by atoms with Gasteiger partial charge in [-0.3, -0.25) is 0 Å². The minimum absolute atomic E-state index is 0.0435. The number of hydrogen-bond donors (Lipinski definition) is 2. The lowest BCUT2D eigenvalue weighted by molar-refractivity contribution is 0.0690. The number of hydrogen-bond acceptors (Lipinski definition) is 3. The van der Waals surface area contributed by atoms with Crippen molar-refractivity contribution >= 4 is 11.7 Å². The van der Waals surface area contributed by atoms with Crippen LogP contribution < -0.4 is 5.32 Å². The Morgan fingerprint density at radius 3 is 2.68 bits per heavy atom. The molecule has 0 radical (unpaired) electrons. The lowest BCUT2D eigenvalue weighted by atomic mass is 10.2. The van der Waals surface area contributed by atoms with Gasteiger partial charge in [0, 0.05) is 19.8 Å². The van der Waals surface area contributed by atoms with E-state index in [2.05, 4.69) is 5.32 Å². The lowest BCUT2D eigenvalue weighted by Crippen LogP contribution is -2.10. The van der Waals surface area contributed by atoms with Gasteiger partial charge < -0.3 is 15.2 Å². The smallest absolute Gasteiger partial charge is 0.338 e. The summed E-state index contributed by atoms with van der Waals surface area (Å²) in [5, 5.41) is 11.3. The van der Waals surface area contributed by atoms with Crippen LogP contribution in [0.2, 0.25) is 0 Å². The first-order chi connectivity index (χ1) is 9.07. The van der Waals surface area contributed by atoms with Crippen LogP contribution in [0, 0.1) is 11.6 Å². The summed E-state index contributed by atoms with van der Waals surface area (Å²) in [6, 6.07) is 2.26. The number of carboxylic acids is 1. The zero-order chi connectivity index (χ0) is 14.3. The summed E-state index contributed by atoms with van der Waals surface area (Å²) in [7, 11) is 0. The first-order valence-corrected chi connectivity index (χ1v) is 6.10. The van der Waals surface area contributed by atoms with Crippen LogP contribution in [0.3, 0.4) is 0 Å². The second kappa shape index (κ2) is 7.68. The highest BCUT2D eigenvalue weighted by atomic mass is 19.2. The molecule has 0 aliphatic heterocycles. The topological polar surface area (TPSA) is 58.6 Å². The van der Waals surface area contributed by atoms with Gasteiger partial charge in [0.2, 0.25) is 0 Å². The van der Waals surface area contributed by atoms with Crippen LogP contribution >= 0.6 is 0 Å². The molecule has 0 fully saturated rings. The number of halogens is 2. The molecule has 6 heteroatoms. The molecule has 0 unspecified atom stereocenters. The molecule has 1 aromatic rings. The van der Waals surface area contributed by atoms with Crippen molar-refractivity contribution < 1.29 is 23.4 Å². The van der Waals surface area contributed by atoms with Gasteiger partial charge in [-0.1, -0.05) is 6.92 Å². The van der Waals surface area contributed by atoms with Crippen LogP contribution in [-0.4, -0.2) is 30.8 Å². The molecule has 0 heterocycles. The Balaban J connectivity index is 2.51. The quantitative estimate of drug-likeness (QED) is 0.715. The van der Waals surface area contributed by atoms with Gasteiger partial charge in [0.25, 0.3) is 0 Å². The molecular weight excluding hydrogens is 256 g/mol. The predicted molar refractivity (Wildman–Crippen MR) is 67.5 cm³/mol. The number of aromatic carboxylic acids is 1. The van der Waals surface area contributed by atoms with Crippen LogP contribution in [-0.2, 0) is 4.74 Å². The van der Waals surface area contributed by atoms with Crippen molar-refractivity contribution in [2.45, 2.75) is 19.8 Å². The first kappa shape index (κ1) is 15.4. The molecule has 19 heavy (non-hydrogen) atoms. The highest BCUT2D eigenvalue weighted by Crippen LogP contribution is 2.20. The summed E-state index contributed by atoms with van der Waals surface area (Å²) in [6.07, 6.45) is 1.59. The molecule has 106 valence electrons. The van der Waals surface area contributed by atoms with E-state index in [1.165, 1.54) is 6.07 Å². The molecule has 0 spiro atoms. The summed E-state index contributed by atoms with van der Waals surface area (Å²) < 4.78 is 32.1. The van der Waals surface area contributed by atoms with E-state index in [0.717, 1.165) is 12.5 Å². The van der Waals surface area contributed by atoms with Crippen LogP contribution in [0.15, 0.2) is 12.1 Å². The van der Waals surface area contributed by atoms with E-state index in [9.17, 15) is 13.6 Å². The standard InChI is InChI=1S/C13H17F2NO3/c1-2-7-19-8-3-6-16-10-5-4-9(13(17)18)11(14)12(10)15/h4-5,16H,2-3,6-8H2,1H3,(H,17,18). The Morgan fingerprint density at radius 2 is 2.05 bits per heavy atom. The molecule has 4 nitrogen and oxygen atoms in total. The number of rotatable bonds is 8. The van der Waals surface area contributed by atoms with Gasteiger partial charge in [-0.25, -0.2) is 13.6 Å². The van der Waals surface area contributed by atoms with Gasteiger partial charge in [0.15, 0.2) is 11.6 Å². The zero-order valence-electron chi connectivity index (χ0n) is 10.7. The van der Waals surface area contributed by atoms with Crippen molar-refractivity contribution in [1.29, 1.82) is 0 Å². The number of benzene rings is 1. The Kier molecular flexibility index (Phi) is 6.21. The molecule has 0 bridgehead atoms. The van der Waals surface area contributed by atoms with Crippen molar-refractivity contribution in [2.24, 2.45) is 0 Å². The highest BCUT2D eigenvalue weighted by Gasteiger charge is 2.17. The normalized spacial score (nSPS) is 10.5. The lowest BCUT2D eigenvalue weighted by Gasteiger charge is -2.09. The summed E-state index contributed by atoms with van der Waals surface area (Å²) in [6.45, 7) is 3.64. The van der Waals surface area contributed by atoms with Crippen molar-refractivity contribution in [3.8, 4) is 0 Å². The minimum atomic E-state index is -1.49. The molecule has 1 aromatic carbocycles. The van der Waals surface area contributed by atoms with Gasteiger partial charge in [-0.05, 0) is 25.0 Å². The second-order valence-electron chi connectivity index (χ2n) is 3.99.